The normalized spacial score (nSPS) is 10.8. The molecule has 0 atom stereocenters. The molecule has 0 N–H and O–H groups in total. The highest BCUT2D eigenvalue weighted by Crippen LogP contribution is 2.22. The van der Waals surface area contributed by atoms with E-state index in [4.69, 9.17) is 0 Å². The molecule has 0 radical (unpaired) electrons. The van der Waals surface area contributed by atoms with E-state index in [9.17, 15) is 4.39 Å². The van der Waals surface area contributed by atoms with Crippen LogP contribution in [0.5, 0.6) is 0 Å². The van der Waals surface area contributed by atoms with E-state index >= 15 is 0 Å². The first-order chi connectivity index (χ1) is 8.74. The van der Waals surface area contributed by atoms with E-state index in [-0.39, 0.29) is 5.82 Å². The van der Waals surface area contributed by atoms with E-state index in [0.29, 0.717) is 11.3 Å². The van der Waals surface area contributed by atoms with Crippen LogP contribution in [0.3, 0.4) is 0 Å². The third-order valence-corrected chi connectivity index (χ3v) is 2.85. The van der Waals surface area contributed by atoms with Gasteiger partial charge in [-0.2, -0.15) is 0 Å². The Hall–Kier alpha value is -2.29. The lowest BCUT2D eigenvalue weighted by Crippen LogP contribution is -1.91. The molecule has 3 heteroatoms. The van der Waals surface area contributed by atoms with Crippen molar-refractivity contribution in [1.82, 2.24) is 9.97 Å². The minimum Gasteiger partial charge on any atom is -0.252 e. The summed E-state index contributed by atoms with van der Waals surface area (Å²) < 4.78 is 13.7. The predicted octanol–water partition coefficient (Wildman–Crippen LogP) is 3.74. The lowest BCUT2D eigenvalue weighted by atomic mass is 10.1. The van der Waals surface area contributed by atoms with Crippen molar-refractivity contribution in [2.75, 3.05) is 0 Å². The van der Waals surface area contributed by atoms with Crippen LogP contribution in [0.4, 0.5) is 4.39 Å². The van der Waals surface area contributed by atoms with Crippen LogP contribution < -0.4 is 0 Å². The first-order valence-corrected chi connectivity index (χ1v) is 5.72. The zero-order valence-corrected chi connectivity index (χ0v) is 9.89. The highest BCUT2D eigenvalue weighted by molar-refractivity contribution is 5.77. The lowest BCUT2D eigenvalue weighted by Gasteiger charge is -2.04. The molecule has 2 nitrogen and oxygen atoms in total. The van der Waals surface area contributed by atoms with Gasteiger partial charge in [-0.25, -0.2) is 9.37 Å². The molecular formula is C15H11FN2. The Morgan fingerprint density at radius 2 is 1.83 bits per heavy atom. The molecule has 18 heavy (non-hydrogen) atoms. The van der Waals surface area contributed by atoms with E-state index in [1.54, 1.807) is 24.4 Å². The summed E-state index contributed by atoms with van der Waals surface area (Å²) in [6.07, 6.45) is 1.61. The fourth-order valence-electron chi connectivity index (χ4n) is 1.92. The van der Waals surface area contributed by atoms with Crippen molar-refractivity contribution in [3.8, 4) is 11.3 Å². The third-order valence-electron chi connectivity index (χ3n) is 2.85. The Morgan fingerprint density at radius 1 is 1.00 bits per heavy atom. The Bertz CT molecular complexity index is 723. The summed E-state index contributed by atoms with van der Waals surface area (Å²) in [5.74, 6) is -0.279. The van der Waals surface area contributed by atoms with Crippen LogP contribution in [-0.2, 0) is 0 Å². The lowest BCUT2D eigenvalue weighted by molar-refractivity contribution is 0.630. The third kappa shape index (κ3) is 1.84. The van der Waals surface area contributed by atoms with E-state index in [1.807, 2.05) is 25.1 Å². The second-order valence-corrected chi connectivity index (χ2v) is 4.23. The average molecular weight is 238 g/mol. The van der Waals surface area contributed by atoms with Gasteiger partial charge in [-0.05, 0) is 36.8 Å². The van der Waals surface area contributed by atoms with E-state index in [2.05, 4.69) is 9.97 Å². The molecule has 1 aromatic heterocycles. The van der Waals surface area contributed by atoms with Gasteiger partial charge in [-0.15, -0.1) is 0 Å². The van der Waals surface area contributed by atoms with Crippen LogP contribution in [0, 0.1) is 12.7 Å². The number of aromatic nitrogens is 2. The number of hydrogen-bond acceptors (Lipinski definition) is 2. The summed E-state index contributed by atoms with van der Waals surface area (Å²) in [4.78, 5) is 8.78. The predicted molar refractivity (Wildman–Crippen MR) is 69.7 cm³/mol. The van der Waals surface area contributed by atoms with E-state index < -0.39 is 0 Å². The quantitative estimate of drug-likeness (QED) is 0.645. The smallest absolute Gasteiger partial charge is 0.132 e. The summed E-state index contributed by atoms with van der Waals surface area (Å²) in [5.41, 5.74) is 3.76. The number of halogens is 1. The molecule has 0 amide bonds. The summed E-state index contributed by atoms with van der Waals surface area (Å²) >= 11 is 0. The molecule has 3 aromatic rings. The second kappa shape index (κ2) is 4.18. The molecular weight excluding hydrogens is 227 g/mol. The molecule has 1 heterocycles. The van der Waals surface area contributed by atoms with Gasteiger partial charge in [0.05, 0.1) is 22.9 Å². The fourth-order valence-corrected chi connectivity index (χ4v) is 1.92. The van der Waals surface area contributed by atoms with Crippen LogP contribution in [0.25, 0.3) is 22.3 Å². The minimum atomic E-state index is -0.279. The topological polar surface area (TPSA) is 25.8 Å². The van der Waals surface area contributed by atoms with Crippen molar-refractivity contribution in [3.63, 3.8) is 0 Å². The SMILES string of the molecule is Cc1ccc2ncc(-c3ccccc3F)nc2c1. The highest BCUT2D eigenvalue weighted by atomic mass is 19.1. The van der Waals surface area contributed by atoms with Crippen molar-refractivity contribution in [3.05, 3.63) is 60.0 Å². The van der Waals surface area contributed by atoms with Gasteiger partial charge in [-0.3, -0.25) is 4.98 Å². The Labute approximate surface area is 104 Å². The Kier molecular flexibility index (Phi) is 2.52. The van der Waals surface area contributed by atoms with Crippen LogP contribution in [0.1, 0.15) is 5.56 Å². The molecule has 88 valence electrons. The van der Waals surface area contributed by atoms with Crippen molar-refractivity contribution < 1.29 is 4.39 Å². The summed E-state index contributed by atoms with van der Waals surface area (Å²) in [6.45, 7) is 2.00. The molecule has 0 saturated carbocycles. The summed E-state index contributed by atoms with van der Waals surface area (Å²) in [6, 6.07) is 12.5. The molecule has 0 bridgehead atoms. The zero-order valence-electron chi connectivity index (χ0n) is 9.89. The molecule has 0 fully saturated rings. The minimum absolute atomic E-state index is 0.279. The Balaban J connectivity index is 2.22. The maximum absolute atomic E-state index is 13.7. The first kappa shape index (κ1) is 10.8. The molecule has 3 rings (SSSR count). The number of benzene rings is 2. The van der Waals surface area contributed by atoms with E-state index in [1.165, 1.54) is 6.07 Å². The molecule has 0 aliphatic rings. The van der Waals surface area contributed by atoms with Crippen molar-refractivity contribution in [2.24, 2.45) is 0 Å². The van der Waals surface area contributed by atoms with Gasteiger partial charge in [0.1, 0.15) is 5.82 Å². The van der Waals surface area contributed by atoms with Gasteiger partial charge in [0, 0.05) is 5.56 Å². The van der Waals surface area contributed by atoms with Crippen molar-refractivity contribution >= 4 is 11.0 Å². The summed E-state index contributed by atoms with van der Waals surface area (Å²) in [7, 11) is 0. The molecule has 0 saturated heterocycles. The van der Waals surface area contributed by atoms with Crippen LogP contribution >= 0.6 is 0 Å². The number of hydrogen-bond donors (Lipinski definition) is 0. The highest BCUT2D eigenvalue weighted by Gasteiger charge is 2.07. The second-order valence-electron chi connectivity index (χ2n) is 4.23. The Morgan fingerprint density at radius 3 is 2.67 bits per heavy atom. The molecule has 0 aliphatic carbocycles. The number of aryl methyl sites for hydroxylation is 1. The molecule has 2 aromatic carbocycles. The maximum atomic E-state index is 13.7. The van der Waals surface area contributed by atoms with Gasteiger partial charge < -0.3 is 0 Å². The first-order valence-electron chi connectivity index (χ1n) is 5.72. The monoisotopic (exact) mass is 238 g/mol. The van der Waals surface area contributed by atoms with Gasteiger partial charge in [-0.1, -0.05) is 18.2 Å². The average Bonchev–Trinajstić information content (AvgIpc) is 2.38. The van der Waals surface area contributed by atoms with Gasteiger partial charge in [0.2, 0.25) is 0 Å². The number of rotatable bonds is 1. The molecule has 0 spiro atoms. The fraction of sp³-hybridized carbons (Fsp3) is 0.0667. The zero-order chi connectivity index (χ0) is 12.5. The number of nitrogens with zero attached hydrogens (tertiary/aromatic N) is 2. The van der Waals surface area contributed by atoms with Crippen LogP contribution in [0.15, 0.2) is 48.7 Å². The van der Waals surface area contributed by atoms with Gasteiger partial charge in [0.25, 0.3) is 0 Å². The number of fused-ring (bicyclic) bond motifs is 1. The van der Waals surface area contributed by atoms with Crippen LogP contribution in [-0.4, -0.2) is 9.97 Å². The molecule has 0 aliphatic heterocycles. The standard InChI is InChI=1S/C15H11FN2/c1-10-6-7-13-14(8-10)18-15(9-17-13)11-4-2-3-5-12(11)16/h2-9H,1H3. The largest absolute Gasteiger partial charge is 0.252 e. The maximum Gasteiger partial charge on any atom is 0.132 e. The molecule has 0 unspecified atom stereocenters. The van der Waals surface area contributed by atoms with Gasteiger partial charge >= 0.3 is 0 Å². The van der Waals surface area contributed by atoms with Crippen molar-refractivity contribution in [1.29, 1.82) is 0 Å². The van der Waals surface area contributed by atoms with E-state index in [0.717, 1.165) is 16.6 Å². The summed E-state index contributed by atoms with van der Waals surface area (Å²) in [5, 5.41) is 0. The van der Waals surface area contributed by atoms with Crippen molar-refractivity contribution in [2.45, 2.75) is 6.92 Å². The van der Waals surface area contributed by atoms with Gasteiger partial charge in [0.15, 0.2) is 0 Å². The van der Waals surface area contributed by atoms with Crippen LogP contribution in [0.2, 0.25) is 0 Å².